The zero-order chi connectivity index (χ0) is 8.85. The first-order valence-corrected chi connectivity index (χ1v) is 4.43. The molecule has 0 aliphatic rings. The summed E-state index contributed by atoms with van der Waals surface area (Å²) >= 11 is 6.07. The molecular weight excluding hydrogens is 156 g/mol. The molecule has 0 amide bonds. The van der Waals surface area contributed by atoms with E-state index in [4.69, 9.17) is 11.6 Å². The first-order valence-electron chi connectivity index (χ1n) is 4.00. The lowest BCUT2D eigenvalue weighted by Gasteiger charge is -2.16. The Kier molecular flexibility index (Phi) is 5.31. The zero-order valence-corrected chi connectivity index (χ0v) is 8.19. The Balaban J connectivity index is 3.72. The third kappa shape index (κ3) is 4.26. The van der Waals surface area contributed by atoms with Crippen molar-refractivity contribution in [2.24, 2.45) is 5.92 Å². The van der Waals surface area contributed by atoms with Crippen molar-refractivity contribution in [1.29, 1.82) is 0 Å². The Hall–Kier alpha value is -0.230. The van der Waals surface area contributed by atoms with E-state index in [1.54, 1.807) is 0 Å². The van der Waals surface area contributed by atoms with Gasteiger partial charge in [-0.1, -0.05) is 25.2 Å². The van der Waals surface area contributed by atoms with Crippen LogP contribution in [0.4, 0.5) is 0 Å². The Bertz CT molecular complexity index is 138. The topological polar surface area (TPSA) is 0 Å². The minimum Gasteiger partial charge on any atom is -0.118 e. The molecule has 11 heavy (non-hydrogen) atoms. The van der Waals surface area contributed by atoms with Crippen LogP contribution in [-0.4, -0.2) is 5.38 Å². The van der Waals surface area contributed by atoms with Crippen LogP contribution in [0, 0.1) is 5.92 Å². The van der Waals surface area contributed by atoms with Gasteiger partial charge in [-0.2, -0.15) is 0 Å². The van der Waals surface area contributed by atoms with Crippen molar-refractivity contribution in [3.63, 3.8) is 0 Å². The standard InChI is InChI=1S/C10H17Cl/c1-5-6-7-9(4)10(11)8(2)3/h5,9-10H,1-2,6-7H2,3-4H3. The van der Waals surface area contributed by atoms with Crippen molar-refractivity contribution < 1.29 is 0 Å². The number of halogens is 1. The molecule has 2 atom stereocenters. The molecule has 0 aromatic rings. The first kappa shape index (κ1) is 10.8. The van der Waals surface area contributed by atoms with Crippen molar-refractivity contribution in [2.75, 3.05) is 0 Å². The van der Waals surface area contributed by atoms with Gasteiger partial charge in [-0.3, -0.25) is 0 Å². The highest BCUT2D eigenvalue weighted by molar-refractivity contribution is 6.22. The van der Waals surface area contributed by atoms with Crippen LogP contribution in [0.25, 0.3) is 0 Å². The molecule has 0 bridgehead atoms. The highest BCUT2D eigenvalue weighted by Gasteiger charge is 2.13. The van der Waals surface area contributed by atoms with E-state index in [2.05, 4.69) is 20.1 Å². The Morgan fingerprint density at radius 1 is 1.64 bits per heavy atom. The van der Waals surface area contributed by atoms with Gasteiger partial charge in [0, 0.05) is 0 Å². The summed E-state index contributed by atoms with van der Waals surface area (Å²) in [5, 5.41) is 0.120. The summed E-state index contributed by atoms with van der Waals surface area (Å²) in [4.78, 5) is 0. The van der Waals surface area contributed by atoms with Gasteiger partial charge in [0.05, 0.1) is 5.38 Å². The largest absolute Gasteiger partial charge is 0.118 e. The van der Waals surface area contributed by atoms with Crippen LogP contribution in [0.5, 0.6) is 0 Å². The van der Waals surface area contributed by atoms with Gasteiger partial charge < -0.3 is 0 Å². The van der Waals surface area contributed by atoms with E-state index < -0.39 is 0 Å². The lowest BCUT2D eigenvalue weighted by Crippen LogP contribution is -2.11. The van der Waals surface area contributed by atoms with E-state index in [0.717, 1.165) is 18.4 Å². The number of hydrogen-bond donors (Lipinski definition) is 0. The molecule has 0 N–H and O–H groups in total. The quantitative estimate of drug-likeness (QED) is 0.438. The third-order valence-corrected chi connectivity index (χ3v) is 2.60. The molecule has 0 aromatic heterocycles. The van der Waals surface area contributed by atoms with Crippen LogP contribution in [-0.2, 0) is 0 Å². The minimum atomic E-state index is 0.120. The van der Waals surface area contributed by atoms with Gasteiger partial charge >= 0.3 is 0 Å². The zero-order valence-electron chi connectivity index (χ0n) is 7.44. The second-order valence-electron chi connectivity index (χ2n) is 3.09. The van der Waals surface area contributed by atoms with Crippen LogP contribution in [0.3, 0.4) is 0 Å². The summed E-state index contributed by atoms with van der Waals surface area (Å²) < 4.78 is 0. The molecule has 0 radical (unpaired) electrons. The van der Waals surface area contributed by atoms with Crippen LogP contribution in [0.15, 0.2) is 24.8 Å². The predicted octanol–water partition coefficient (Wildman–Crippen LogP) is 3.77. The molecule has 0 saturated carbocycles. The summed E-state index contributed by atoms with van der Waals surface area (Å²) in [5.41, 5.74) is 1.06. The summed E-state index contributed by atoms with van der Waals surface area (Å²) in [6, 6.07) is 0. The number of rotatable bonds is 5. The Morgan fingerprint density at radius 3 is 2.55 bits per heavy atom. The third-order valence-electron chi connectivity index (χ3n) is 1.80. The van der Waals surface area contributed by atoms with E-state index in [0.29, 0.717) is 5.92 Å². The molecule has 0 aliphatic carbocycles. The summed E-state index contributed by atoms with van der Waals surface area (Å²) in [6.07, 6.45) is 4.07. The second-order valence-corrected chi connectivity index (χ2v) is 3.56. The normalized spacial score (nSPS) is 15.5. The molecule has 2 unspecified atom stereocenters. The van der Waals surface area contributed by atoms with E-state index in [-0.39, 0.29) is 5.38 Å². The van der Waals surface area contributed by atoms with Crippen LogP contribution in [0.2, 0.25) is 0 Å². The predicted molar refractivity (Wildman–Crippen MR) is 53.1 cm³/mol. The average Bonchev–Trinajstić information content (AvgIpc) is 1.98. The van der Waals surface area contributed by atoms with E-state index in [9.17, 15) is 0 Å². The Morgan fingerprint density at radius 2 is 2.18 bits per heavy atom. The molecule has 0 heterocycles. The fourth-order valence-electron chi connectivity index (χ4n) is 1.01. The molecule has 0 rings (SSSR count). The van der Waals surface area contributed by atoms with E-state index >= 15 is 0 Å². The molecule has 0 fully saturated rings. The van der Waals surface area contributed by atoms with Crippen LogP contribution < -0.4 is 0 Å². The van der Waals surface area contributed by atoms with Gasteiger partial charge in [0.25, 0.3) is 0 Å². The van der Waals surface area contributed by atoms with E-state index in [1.807, 2.05) is 13.0 Å². The highest BCUT2D eigenvalue weighted by atomic mass is 35.5. The molecule has 0 saturated heterocycles. The maximum Gasteiger partial charge on any atom is 0.0565 e. The van der Waals surface area contributed by atoms with Crippen molar-refractivity contribution in [2.45, 2.75) is 32.1 Å². The maximum atomic E-state index is 6.07. The maximum absolute atomic E-state index is 6.07. The smallest absolute Gasteiger partial charge is 0.0565 e. The monoisotopic (exact) mass is 172 g/mol. The minimum absolute atomic E-state index is 0.120. The fourth-order valence-corrected chi connectivity index (χ4v) is 1.14. The van der Waals surface area contributed by atoms with Gasteiger partial charge in [-0.25, -0.2) is 0 Å². The van der Waals surface area contributed by atoms with Gasteiger partial charge in [0.2, 0.25) is 0 Å². The molecular formula is C10H17Cl. The molecule has 64 valence electrons. The molecule has 0 nitrogen and oxygen atoms in total. The number of hydrogen-bond acceptors (Lipinski definition) is 0. The molecule has 0 aromatic carbocycles. The lowest BCUT2D eigenvalue weighted by molar-refractivity contribution is 0.541. The second kappa shape index (κ2) is 5.42. The van der Waals surface area contributed by atoms with Gasteiger partial charge in [-0.15, -0.1) is 18.2 Å². The number of allylic oxidation sites excluding steroid dienone is 2. The fraction of sp³-hybridized carbons (Fsp3) is 0.600. The summed E-state index contributed by atoms with van der Waals surface area (Å²) in [7, 11) is 0. The summed E-state index contributed by atoms with van der Waals surface area (Å²) in [5.74, 6) is 0.507. The van der Waals surface area contributed by atoms with Crippen molar-refractivity contribution in [3.8, 4) is 0 Å². The van der Waals surface area contributed by atoms with Crippen molar-refractivity contribution in [1.82, 2.24) is 0 Å². The van der Waals surface area contributed by atoms with Crippen molar-refractivity contribution in [3.05, 3.63) is 24.8 Å². The number of alkyl halides is 1. The molecule has 1 heteroatoms. The SMILES string of the molecule is C=CCCC(C)C(Cl)C(=C)C. The average molecular weight is 173 g/mol. The summed E-state index contributed by atoms with van der Waals surface area (Å²) in [6.45, 7) is 11.6. The highest BCUT2D eigenvalue weighted by Crippen LogP contribution is 2.21. The lowest BCUT2D eigenvalue weighted by atomic mass is 9.97. The Labute approximate surface area is 74.9 Å². The van der Waals surface area contributed by atoms with E-state index in [1.165, 1.54) is 0 Å². The van der Waals surface area contributed by atoms with Gasteiger partial charge in [-0.05, 0) is 25.7 Å². The van der Waals surface area contributed by atoms with Crippen molar-refractivity contribution >= 4 is 11.6 Å². The molecule has 0 spiro atoms. The first-order chi connectivity index (χ1) is 5.09. The van der Waals surface area contributed by atoms with Crippen LogP contribution in [0.1, 0.15) is 26.7 Å². The molecule has 0 aliphatic heterocycles. The van der Waals surface area contributed by atoms with Gasteiger partial charge in [0.15, 0.2) is 0 Å². The van der Waals surface area contributed by atoms with Gasteiger partial charge in [0.1, 0.15) is 0 Å². The van der Waals surface area contributed by atoms with Crippen LogP contribution >= 0.6 is 11.6 Å².